The van der Waals surface area contributed by atoms with Crippen LogP contribution in [-0.2, 0) is 25.9 Å². The van der Waals surface area contributed by atoms with Crippen molar-refractivity contribution in [3.05, 3.63) is 157 Å². The van der Waals surface area contributed by atoms with Crippen molar-refractivity contribution in [2.24, 2.45) is 17.8 Å². The van der Waals surface area contributed by atoms with Crippen LogP contribution in [0, 0.1) is 17.8 Å². The van der Waals surface area contributed by atoms with Crippen LogP contribution in [0.3, 0.4) is 0 Å². The van der Waals surface area contributed by atoms with Gasteiger partial charge in [-0.3, -0.25) is 4.55 Å². The molecule has 0 amide bonds. The molecule has 0 aliphatic rings. The summed E-state index contributed by atoms with van der Waals surface area (Å²) < 4.78 is 37.3. The monoisotopic (exact) mass is 749 g/mol. The van der Waals surface area contributed by atoms with Crippen LogP contribution in [0.4, 0.5) is 0 Å². The van der Waals surface area contributed by atoms with Crippen LogP contribution in [-0.4, -0.2) is 58.6 Å². The summed E-state index contributed by atoms with van der Waals surface area (Å²) in [4.78, 5) is 10.7. The van der Waals surface area contributed by atoms with Crippen LogP contribution in [0.25, 0.3) is 0 Å². The van der Waals surface area contributed by atoms with E-state index in [0.717, 1.165) is 18.4 Å². The van der Waals surface area contributed by atoms with Crippen molar-refractivity contribution in [1.29, 1.82) is 0 Å². The number of aliphatic hydroxyl groups excluding tert-OH is 2. The lowest BCUT2D eigenvalue weighted by atomic mass is 9.88. The molecular weight excluding hydrogens is 691 g/mol. The second-order valence-electron chi connectivity index (χ2n) is 12.8. The average Bonchev–Trinajstić information content (AvgIpc) is 3.12. The number of carboxylic acids is 1. The predicted octanol–water partition coefficient (Wildman–Crippen LogP) is 8.19. The van der Waals surface area contributed by atoms with Gasteiger partial charge in [-0.25, -0.2) is 8.98 Å². The topological polar surface area (TPSA) is 153 Å². The molecular formula is C43H59NO8S. The van der Waals surface area contributed by atoms with Gasteiger partial charge in [-0.15, -0.1) is 0 Å². The number of allylic oxidation sites excluding steroid dienone is 16. The van der Waals surface area contributed by atoms with E-state index in [2.05, 4.69) is 5.32 Å². The fraction of sp³-hybridized carbons (Fsp3) is 0.372. The summed E-state index contributed by atoms with van der Waals surface area (Å²) in [5.41, 5.74) is 1.39. The van der Waals surface area contributed by atoms with E-state index in [-0.39, 0.29) is 29.4 Å². The highest BCUT2D eigenvalue weighted by molar-refractivity contribution is 7.80. The van der Waals surface area contributed by atoms with Crippen molar-refractivity contribution in [3.63, 3.8) is 0 Å². The van der Waals surface area contributed by atoms with Crippen LogP contribution in [0.15, 0.2) is 151 Å². The highest BCUT2D eigenvalue weighted by Crippen LogP contribution is 2.20. The molecule has 1 rings (SSSR count). The Morgan fingerprint density at radius 1 is 0.755 bits per heavy atom. The lowest BCUT2D eigenvalue weighted by molar-refractivity contribution is -0.132. The zero-order valence-electron chi connectivity index (χ0n) is 31.6. The third kappa shape index (κ3) is 23.2. The molecule has 7 atom stereocenters. The van der Waals surface area contributed by atoms with E-state index in [1.165, 1.54) is 6.92 Å². The maximum absolute atomic E-state index is 11.5. The first-order chi connectivity index (χ1) is 25.2. The minimum absolute atomic E-state index is 0.0722. The Balaban J connectivity index is 2.45. The lowest BCUT2D eigenvalue weighted by Gasteiger charge is -2.27. The largest absolute Gasteiger partial charge is 0.478 e. The van der Waals surface area contributed by atoms with Gasteiger partial charge in [0.15, 0.2) is 0 Å². The molecule has 5 N–H and O–H groups in total. The van der Waals surface area contributed by atoms with Gasteiger partial charge in [0.1, 0.15) is 0 Å². The van der Waals surface area contributed by atoms with Gasteiger partial charge in [-0.2, -0.15) is 8.42 Å². The van der Waals surface area contributed by atoms with Crippen LogP contribution >= 0.6 is 0 Å². The number of hydrogen-bond donors (Lipinski definition) is 5. The average molecular weight is 750 g/mol. The molecule has 9 nitrogen and oxygen atoms in total. The zero-order valence-corrected chi connectivity index (χ0v) is 32.4. The molecule has 0 saturated heterocycles. The molecule has 0 saturated carbocycles. The number of hydrogen-bond acceptors (Lipinski definition) is 7. The molecule has 0 aliphatic carbocycles. The summed E-state index contributed by atoms with van der Waals surface area (Å²) in [5, 5.41) is 33.4. The number of unbranched alkanes of at least 4 members (excludes halogenated alkanes) is 1. The summed E-state index contributed by atoms with van der Waals surface area (Å²) in [6, 6.07) is 9.81. The van der Waals surface area contributed by atoms with Crippen molar-refractivity contribution in [1.82, 2.24) is 5.32 Å². The van der Waals surface area contributed by atoms with Gasteiger partial charge >= 0.3 is 16.4 Å². The van der Waals surface area contributed by atoms with Crippen LogP contribution in [0.5, 0.6) is 0 Å². The van der Waals surface area contributed by atoms with Crippen LogP contribution < -0.4 is 5.32 Å². The summed E-state index contributed by atoms with van der Waals surface area (Å²) >= 11 is 0. The van der Waals surface area contributed by atoms with Gasteiger partial charge in [0.25, 0.3) is 0 Å². The summed E-state index contributed by atoms with van der Waals surface area (Å²) in [6.45, 7) is 9.74. The van der Waals surface area contributed by atoms with E-state index in [4.69, 9.17) is 9.29 Å². The Kier molecular flexibility index (Phi) is 24.3. The van der Waals surface area contributed by atoms with Crippen molar-refractivity contribution in [2.45, 2.75) is 84.8 Å². The minimum atomic E-state index is -4.61. The lowest BCUT2D eigenvalue weighted by Crippen LogP contribution is -2.39. The number of carbonyl (C=O) groups is 1. The molecule has 7 unspecified atom stereocenters. The summed E-state index contributed by atoms with van der Waals surface area (Å²) in [7, 11) is -4.61. The van der Waals surface area contributed by atoms with E-state index < -0.39 is 34.7 Å². The smallest absolute Gasteiger partial charge is 0.397 e. The Bertz CT molecular complexity index is 1600. The SMILES string of the molecule is C\C(=C/C=C/C=C/CC/C=C/C(C)C(O)C(C)C(O)/C=C/C=C/C=C/C=C/C=C/C=C/CC(OS(=O)(=O)O)C(C)C(C)NCc1ccccc1)C(=O)O. The predicted molar refractivity (Wildman–Crippen MR) is 216 cm³/mol. The number of nitrogens with one attached hydrogen (secondary N) is 1. The third-order valence-electron chi connectivity index (χ3n) is 8.50. The molecule has 0 fully saturated rings. The fourth-order valence-electron chi connectivity index (χ4n) is 4.85. The van der Waals surface area contributed by atoms with Crippen LogP contribution in [0.1, 0.15) is 59.4 Å². The highest BCUT2D eigenvalue weighted by atomic mass is 32.3. The molecule has 0 spiro atoms. The molecule has 0 aromatic heterocycles. The minimum Gasteiger partial charge on any atom is -0.478 e. The summed E-state index contributed by atoms with van der Waals surface area (Å²) in [6.07, 6.45) is 34.1. The molecule has 10 heteroatoms. The summed E-state index contributed by atoms with van der Waals surface area (Å²) in [5.74, 6) is -1.63. The van der Waals surface area contributed by atoms with Crippen LogP contribution in [0.2, 0.25) is 0 Å². The van der Waals surface area contributed by atoms with Gasteiger partial charge in [-0.1, -0.05) is 167 Å². The quantitative estimate of drug-likeness (QED) is 0.0219. The highest BCUT2D eigenvalue weighted by Gasteiger charge is 2.27. The maximum atomic E-state index is 11.5. The number of aliphatic carboxylic acids is 1. The molecule has 290 valence electrons. The molecule has 0 heterocycles. The standard InChI is InChI=1S/C43H59NO8S/c1-34(27-21-16-12-11-13-17-22-28-35(2)43(47)48)42(46)37(4)40(45)31-25-18-14-9-7-6-8-10-15-19-26-32-41(52-53(49,50)51)36(3)38(5)44-33-39-29-23-20-24-30-39/h6-11,13-15,17-31,34,36-38,40-42,44-46H,12,16,32-33H2,1-5H3,(H,47,48)(H,49,50,51)/b8-6+,9-7+,13-11+,15-10+,18-14+,22-17+,26-19+,27-21+,31-25+,35-28+. The fourth-order valence-corrected chi connectivity index (χ4v) is 5.41. The van der Waals surface area contributed by atoms with E-state index in [9.17, 15) is 28.0 Å². The molecule has 0 radical (unpaired) electrons. The Hall–Kier alpha value is -4.16. The number of aliphatic hydroxyl groups is 2. The first kappa shape index (κ1) is 46.9. The third-order valence-corrected chi connectivity index (χ3v) is 8.99. The van der Waals surface area contributed by atoms with E-state index in [1.807, 2.05) is 125 Å². The van der Waals surface area contributed by atoms with Crippen molar-refractivity contribution < 1.29 is 37.3 Å². The molecule has 53 heavy (non-hydrogen) atoms. The van der Waals surface area contributed by atoms with E-state index in [1.54, 1.807) is 48.6 Å². The second kappa shape index (κ2) is 27.4. The van der Waals surface area contributed by atoms with E-state index in [0.29, 0.717) is 13.0 Å². The van der Waals surface area contributed by atoms with Gasteiger partial charge in [0.05, 0.1) is 18.3 Å². The molecule has 1 aromatic rings. The molecule has 1 aromatic carbocycles. The molecule has 0 aliphatic heterocycles. The number of rotatable bonds is 25. The zero-order chi connectivity index (χ0) is 39.5. The van der Waals surface area contributed by atoms with Gasteiger partial charge in [-0.05, 0) is 44.6 Å². The first-order valence-corrected chi connectivity index (χ1v) is 19.3. The Morgan fingerprint density at radius 2 is 1.30 bits per heavy atom. The van der Waals surface area contributed by atoms with Crippen molar-refractivity contribution in [3.8, 4) is 0 Å². The van der Waals surface area contributed by atoms with Crippen molar-refractivity contribution in [2.75, 3.05) is 0 Å². The van der Waals surface area contributed by atoms with Gasteiger partial charge in [0.2, 0.25) is 0 Å². The first-order valence-electron chi connectivity index (χ1n) is 17.9. The van der Waals surface area contributed by atoms with Gasteiger partial charge in [0, 0.05) is 30.0 Å². The maximum Gasteiger partial charge on any atom is 0.397 e. The number of carboxylic acid groups (broad SMARTS) is 1. The number of benzene rings is 1. The van der Waals surface area contributed by atoms with Gasteiger partial charge < -0.3 is 20.6 Å². The normalized spacial score (nSPS) is 17.8. The van der Waals surface area contributed by atoms with Crippen molar-refractivity contribution >= 4 is 16.4 Å². The Labute approximate surface area is 317 Å². The second-order valence-corrected chi connectivity index (χ2v) is 13.9. The Morgan fingerprint density at radius 3 is 1.91 bits per heavy atom. The molecule has 0 bridgehead atoms. The van der Waals surface area contributed by atoms with E-state index >= 15 is 0 Å².